The molecule has 0 amide bonds. The molecule has 7 nitrogen and oxygen atoms in total. The molecule has 1 aliphatic rings. The molecule has 1 saturated heterocycles. The van der Waals surface area contributed by atoms with Crippen molar-refractivity contribution in [1.29, 1.82) is 0 Å². The third kappa shape index (κ3) is 8.66. The summed E-state index contributed by atoms with van der Waals surface area (Å²) in [6.45, 7) is 13.6. The molecule has 2 heterocycles. The highest BCUT2D eigenvalue weighted by Gasteiger charge is 2.18. The highest BCUT2D eigenvalue weighted by Crippen LogP contribution is 2.21. The van der Waals surface area contributed by atoms with E-state index in [1.54, 1.807) is 0 Å². The lowest BCUT2D eigenvalue weighted by molar-refractivity contribution is 0.0529. The SMILES string of the molecule is CCCOc1cc(C)ccc1CNC(=NCc1ccnc(N2CCOC(C)C2)c1)NCC.I. The first-order valence-corrected chi connectivity index (χ1v) is 11.6. The van der Waals surface area contributed by atoms with Crippen LogP contribution in [0.2, 0.25) is 0 Å². The minimum atomic E-state index is 0. The van der Waals surface area contributed by atoms with E-state index in [0.29, 0.717) is 13.1 Å². The van der Waals surface area contributed by atoms with Gasteiger partial charge in [0.25, 0.3) is 0 Å². The van der Waals surface area contributed by atoms with Crippen molar-refractivity contribution in [3.8, 4) is 5.75 Å². The van der Waals surface area contributed by atoms with E-state index in [9.17, 15) is 0 Å². The third-order valence-electron chi connectivity index (χ3n) is 5.27. The molecule has 2 N–H and O–H groups in total. The zero-order valence-electron chi connectivity index (χ0n) is 20.3. The summed E-state index contributed by atoms with van der Waals surface area (Å²) in [7, 11) is 0. The number of pyridine rings is 1. The highest BCUT2D eigenvalue weighted by molar-refractivity contribution is 14.0. The van der Waals surface area contributed by atoms with Crippen LogP contribution in [-0.2, 0) is 17.8 Å². The van der Waals surface area contributed by atoms with Gasteiger partial charge in [-0.25, -0.2) is 9.98 Å². The number of aromatic nitrogens is 1. The molecule has 1 unspecified atom stereocenters. The van der Waals surface area contributed by atoms with E-state index in [1.807, 2.05) is 12.3 Å². The predicted octanol–water partition coefficient (Wildman–Crippen LogP) is 4.28. The lowest BCUT2D eigenvalue weighted by Gasteiger charge is -2.32. The quantitative estimate of drug-likeness (QED) is 0.268. The molecule has 0 spiro atoms. The molecule has 182 valence electrons. The molecular formula is C25H38IN5O2. The van der Waals surface area contributed by atoms with Crippen LogP contribution in [0.25, 0.3) is 0 Å². The largest absolute Gasteiger partial charge is 0.493 e. The Hall–Kier alpha value is -2.07. The molecule has 1 atom stereocenters. The smallest absolute Gasteiger partial charge is 0.191 e. The van der Waals surface area contributed by atoms with Gasteiger partial charge in [-0.05, 0) is 56.5 Å². The molecule has 0 aliphatic carbocycles. The first-order valence-electron chi connectivity index (χ1n) is 11.6. The second-order valence-electron chi connectivity index (χ2n) is 8.16. The number of hydrogen-bond donors (Lipinski definition) is 2. The van der Waals surface area contributed by atoms with Crippen molar-refractivity contribution in [2.45, 2.75) is 53.3 Å². The van der Waals surface area contributed by atoms with Crippen molar-refractivity contribution in [2.24, 2.45) is 4.99 Å². The lowest BCUT2D eigenvalue weighted by atomic mass is 10.1. The lowest BCUT2D eigenvalue weighted by Crippen LogP contribution is -2.41. The van der Waals surface area contributed by atoms with Gasteiger partial charge in [0.05, 0.1) is 25.9 Å². The Labute approximate surface area is 215 Å². The standard InChI is InChI=1S/C25H37N5O2.HI/c1-5-12-32-23-14-19(3)7-8-22(23)17-29-25(26-6-2)28-16-21-9-10-27-24(15-21)30-11-13-31-20(4)18-30;/h7-10,14-15,20H,5-6,11-13,16-18H2,1-4H3,(H2,26,28,29);1H. The van der Waals surface area contributed by atoms with Gasteiger partial charge in [0.2, 0.25) is 0 Å². The molecule has 0 saturated carbocycles. The van der Waals surface area contributed by atoms with Gasteiger partial charge in [-0.2, -0.15) is 0 Å². The molecule has 1 fully saturated rings. The van der Waals surface area contributed by atoms with Crippen LogP contribution in [0, 0.1) is 6.92 Å². The fraction of sp³-hybridized carbons (Fsp3) is 0.520. The van der Waals surface area contributed by atoms with Crippen LogP contribution < -0.4 is 20.3 Å². The van der Waals surface area contributed by atoms with Gasteiger partial charge in [-0.1, -0.05) is 19.1 Å². The molecule has 33 heavy (non-hydrogen) atoms. The Kier molecular flexibility index (Phi) is 11.7. The number of aliphatic imine (C=N–C) groups is 1. The van der Waals surface area contributed by atoms with Crippen LogP contribution in [0.1, 0.15) is 43.9 Å². The van der Waals surface area contributed by atoms with Gasteiger partial charge in [-0.15, -0.1) is 24.0 Å². The molecule has 3 rings (SSSR count). The molecule has 0 radical (unpaired) electrons. The van der Waals surface area contributed by atoms with E-state index in [2.05, 4.69) is 72.5 Å². The van der Waals surface area contributed by atoms with Gasteiger partial charge < -0.3 is 25.0 Å². The van der Waals surface area contributed by atoms with Crippen molar-refractivity contribution >= 4 is 35.8 Å². The minimum absolute atomic E-state index is 0. The van der Waals surface area contributed by atoms with Gasteiger partial charge >= 0.3 is 0 Å². The molecule has 0 bridgehead atoms. The van der Waals surface area contributed by atoms with Gasteiger partial charge in [0, 0.05) is 37.9 Å². The number of ether oxygens (including phenoxy) is 2. The maximum atomic E-state index is 5.95. The number of aryl methyl sites for hydroxylation is 1. The van der Waals surface area contributed by atoms with Crippen LogP contribution in [0.3, 0.4) is 0 Å². The number of rotatable bonds is 9. The summed E-state index contributed by atoms with van der Waals surface area (Å²) < 4.78 is 11.6. The van der Waals surface area contributed by atoms with Gasteiger partial charge in [0.15, 0.2) is 5.96 Å². The number of benzene rings is 1. The number of anilines is 1. The first kappa shape index (κ1) is 27.2. The average molecular weight is 568 g/mol. The normalized spacial score (nSPS) is 16.2. The van der Waals surface area contributed by atoms with Crippen LogP contribution in [0.15, 0.2) is 41.5 Å². The van der Waals surface area contributed by atoms with Crippen molar-refractivity contribution < 1.29 is 9.47 Å². The Morgan fingerprint density at radius 2 is 2.09 bits per heavy atom. The topological polar surface area (TPSA) is 71.0 Å². The minimum Gasteiger partial charge on any atom is -0.493 e. The molecule has 1 aliphatic heterocycles. The van der Waals surface area contributed by atoms with Crippen molar-refractivity contribution in [1.82, 2.24) is 15.6 Å². The number of halogens is 1. The van der Waals surface area contributed by atoms with Crippen molar-refractivity contribution in [3.63, 3.8) is 0 Å². The van der Waals surface area contributed by atoms with Gasteiger partial charge in [0.1, 0.15) is 11.6 Å². The second kappa shape index (κ2) is 14.2. The monoisotopic (exact) mass is 567 g/mol. The second-order valence-corrected chi connectivity index (χ2v) is 8.16. The molecule has 8 heteroatoms. The molecule has 1 aromatic heterocycles. The Bertz CT molecular complexity index is 893. The zero-order chi connectivity index (χ0) is 22.8. The average Bonchev–Trinajstić information content (AvgIpc) is 2.80. The number of hydrogen-bond acceptors (Lipinski definition) is 5. The highest BCUT2D eigenvalue weighted by atomic mass is 127. The molecular weight excluding hydrogens is 529 g/mol. The maximum absolute atomic E-state index is 5.95. The van der Waals surface area contributed by atoms with Crippen LogP contribution in [-0.4, -0.2) is 49.9 Å². The van der Waals surface area contributed by atoms with E-state index in [4.69, 9.17) is 14.5 Å². The van der Waals surface area contributed by atoms with Crippen LogP contribution >= 0.6 is 24.0 Å². The molecule has 2 aromatic rings. The van der Waals surface area contributed by atoms with Crippen LogP contribution in [0.4, 0.5) is 5.82 Å². The summed E-state index contributed by atoms with van der Waals surface area (Å²) in [5, 5.41) is 6.78. The summed E-state index contributed by atoms with van der Waals surface area (Å²) in [6.07, 6.45) is 3.08. The number of guanidine groups is 1. The molecule has 1 aromatic carbocycles. The number of nitrogens with one attached hydrogen (secondary N) is 2. The fourth-order valence-corrected chi connectivity index (χ4v) is 3.60. The Morgan fingerprint density at radius 3 is 2.85 bits per heavy atom. The maximum Gasteiger partial charge on any atom is 0.191 e. The van der Waals surface area contributed by atoms with E-state index in [1.165, 1.54) is 5.56 Å². The van der Waals surface area contributed by atoms with Crippen molar-refractivity contribution in [2.75, 3.05) is 37.7 Å². The number of nitrogens with zero attached hydrogens (tertiary/aromatic N) is 3. The Morgan fingerprint density at radius 1 is 1.24 bits per heavy atom. The van der Waals surface area contributed by atoms with Crippen molar-refractivity contribution in [3.05, 3.63) is 53.2 Å². The third-order valence-corrected chi connectivity index (χ3v) is 5.27. The predicted molar refractivity (Wildman–Crippen MR) is 146 cm³/mol. The van der Waals surface area contributed by atoms with E-state index < -0.39 is 0 Å². The fourth-order valence-electron chi connectivity index (χ4n) is 3.60. The summed E-state index contributed by atoms with van der Waals surface area (Å²) in [5.41, 5.74) is 3.46. The summed E-state index contributed by atoms with van der Waals surface area (Å²) in [6, 6.07) is 10.5. The zero-order valence-corrected chi connectivity index (χ0v) is 22.6. The van der Waals surface area contributed by atoms with E-state index in [-0.39, 0.29) is 30.1 Å². The van der Waals surface area contributed by atoms with E-state index in [0.717, 1.165) is 67.9 Å². The summed E-state index contributed by atoms with van der Waals surface area (Å²) >= 11 is 0. The summed E-state index contributed by atoms with van der Waals surface area (Å²) in [4.78, 5) is 11.6. The Balaban J connectivity index is 0.00000385. The number of morpholine rings is 1. The van der Waals surface area contributed by atoms with E-state index >= 15 is 0 Å². The van der Waals surface area contributed by atoms with Gasteiger partial charge in [-0.3, -0.25) is 0 Å². The first-order chi connectivity index (χ1) is 15.6. The van der Waals surface area contributed by atoms with Crippen LogP contribution in [0.5, 0.6) is 5.75 Å². The summed E-state index contributed by atoms with van der Waals surface area (Å²) in [5.74, 6) is 2.71.